The van der Waals surface area contributed by atoms with Crippen molar-refractivity contribution >= 4 is 11.8 Å². The lowest BCUT2D eigenvalue weighted by Crippen LogP contribution is -2.40. The molecule has 0 spiro atoms. The molecule has 1 aromatic rings. The van der Waals surface area contributed by atoms with Crippen LogP contribution in [0.4, 0.5) is 0 Å². The van der Waals surface area contributed by atoms with Gasteiger partial charge in [-0.25, -0.2) is 0 Å². The minimum absolute atomic E-state index is 0.0119. The van der Waals surface area contributed by atoms with E-state index in [1.807, 2.05) is 45.0 Å². The summed E-state index contributed by atoms with van der Waals surface area (Å²) in [7, 11) is 0. The molecule has 0 aliphatic rings. The zero-order valence-corrected chi connectivity index (χ0v) is 13.7. The third-order valence-electron chi connectivity index (χ3n) is 3.33. The first-order chi connectivity index (χ1) is 10.6. The highest BCUT2D eigenvalue weighted by Gasteiger charge is 2.14. The number of nitrogens with zero attached hydrogens (tertiary/aromatic N) is 1. The maximum absolute atomic E-state index is 12.1. The fraction of sp³-hybridized carbons (Fsp3) is 0.529. The van der Waals surface area contributed by atoms with Crippen LogP contribution >= 0.6 is 0 Å². The van der Waals surface area contributed by atoms with Gasteiger partial charge in [0.2, 0.25) is 11.8 Å². The van der Waals surface area contributed by atoms with Gasteiger partial charge in [0, 0.05) is 19.5 Å². The Morgan fingerprint density at radius 3 is 2.59 bits per heavy atom. The molecule has 2 amide bonds. The van der Waals surface area contributed by atoms with Crippen molar-refractivity contribution in [3.63, 3.8) is 0 Å². The van der Waals surface area contributed by atoms with Crippen molar-refractivity contribution < 1.29 is 14.3 Å². The van der Waals surface area contributed by atoms with Crippen LogP contribution in [0.15, 0.2) is 24.3 Å². The molecule has 122 valence electrons. The second-order valence-corrected chi connectivity index (χ2v) is 5.08. The molecule has 0 aliphatic carbocycles. The molecule has 0 fully saturated rings. The third kappa shape index (κ3) is 6.16. The van der Waals surface area contributed by atoms with E-state index in [-0.39, 0.29) is 18.4 Å². The van der Waals surface area contributed by atoms with Crippen LogP contribution in [-0.2, 0) is 9.59 Å². The summed E-state index contributed by atoms with van der Waals surface area (Å²) in [6.07, 6.45) is 1.03. The Hall–Kier alpha value is -2.04. The number of para-hydroxylation sites is 1. The zero-order chi connectivity index (χ0) is 16.4. The highest BCUT2D eigenvalue weighted by atomic mass is 16.5. The molecule has 0 atom stereocenters. The summed E-state index contributed by atoms with van der Waals surface area (Å²) in [5.41, 5.74) is 1.08. The monoisotopic (exact) mass is 306 g/mol. The number of nitrogens with one attached hydrogen (secondary N) is 1. The molecule has 0 aliphatic heterocycles. The highest BCUT2D eigenvalue weighted by Crippen LogP contribution is 2.16. The minimum Gasteiger partial charge on any atom is -0.493 e. The van der Waals surface area contributed by atoms with E-state index in [2.05, 4.69) is 5.32 Å². The number of hydrogen-bond acceptors (Lipinski definition) is 3. The Balaban J connectivity index is 2.32. The summed E-state index contributed by atoms with van der Waals surface area (Å²) in [6, 6.07) is 7.81. The molecule has 5 heteroatoms. The van der Waals surface area contributed by atoms with Gasteiger partial charge in [0.1, 0.15) is 5.75 Å². The molecular formula is C17H26N2O3. The van der Waals surface area contributed by atoms with Crippen LogP contribution in [-0.4, -0.2) is 43.0 Å². The van der Waals surface area contributed by atoms with Gasteiger partial charge in [0.05, 0.1) is 13.2 Å². The van der Waals surface area contributed by atoms with Crippen LogP contribution in [0.3, 0.4) is 0 Å². The van der Waals surface area contributed by atoms with Crippen LogP contribution in [0.1, 0.15) is 32.3 Å². The summed E-state index contributed by atoms with van der Waals surface area (Å²) in [4.78, 5) is 25.2. The summed E-state index contributed by atoms with van der Waals surface area (Å²) in [5, 5.41) is 2.70. The number of carbonyl (C=O) groups is 2. The number of carbonyl (C=O) groups excluding carboxylic acids is 2. The molecule has 0 heterocycles. The zero-order valence-electron chi connectivity index (χ0n) is 13.7. The maximum atomic E-state index is 12.1. The van der Waals surface area contributed by atoms with Gasteiger partial charge in [-0.2, -0.15) is 0 Å². The number of rotatable bonds is 9. The Morgan fingerprint density at radius 1 is 1.23 bits per heavy atom. The van der Waals surface area contributed by atoms with E-state index in [1.165, 1.54) is 0 Å². The molecule has 0 saturated carbocycles. The van der Waals surface area contributed by atoms with Crippen molar-refractivity contribution in [2.45, 2.75) is 33.6 Å². The predicted octanol–water partition coefficient (Wildman–Crippen LogP) is 2.14. The van der Waals surface area contributed by atoms with E-state index in [0.29, 0.717) is 32.5 Å². The smallest absolute Gasteiger partial charge is 0.239 e. The van der Waals surface area contributed by atoms with Crippen molar-refractivity contribution in [2.75, 3.05) is 26.2 Å². The Morgan fingerprint density at radius 2 is 1.95 bits per heavy atom. The maximum Gasteiger partial charge on any atom is 0.239 e. The molecule has 0 bridgehead atoms. The summed E-state index contributed by atoms with van der Waals surface area (Å²) in [5.74, 6) is 0.723. The van der Waals surface area contributed by atoms with Crippen LogP contribution in [0.5, 0.6) is 5.75 Å². The number of benzene rings is 1. The second-order valence-electron chi connectivity index (χ2n) is 5.08. The average molecular weight is 306 g/mol. The fourth-order valence-corrected chi connectivity index (χ4v) is 2.08. The van der Waals surface area contributed by atoms with Crippen LogP contribution in [0.25, 0.3) is 0 Å². The first-order valence-corrected chi connectivity index (χ1v) is 7.81. The molecule has 0 saturated heterocycles. The number of aryl methyl sites for hydroxylation is 1. The van der Waals surface area contributed by atoms with Crippen LogP contribution < -0.4 is 10.1 Å². The summed E-state index contributed by atoms with van der Waals surface area (Å²) in [6.45, 7) is 7.46. The van der Waals surface area contributed by atoms with Crippen molar-refractivity contribution in [2.24, 2.45) is 0 Å². The normalized spacial score (nSPS) is 10.1. The first-order valence-electron chi connectivity index (χ1n) is 7.81. The van der Waals surface area contributed by atoms with E-state index in [1.54, 1.807) is 4.90 Å². The van der Waals surface area contributed by atoms with E-state index >= 15 is 0 Å². The molecule has 0 aromatic heterocycles. The van der Waals surface area contributed by atoms with Gasteiger partial charge < -0.3 is 15.0 Å². The van der Waals surface area contributed by atoms with E-state index in [4.69, 9.17) is 4.74 Å². The van der Waals surface area contributed by atoms with Crippen LogP contribution in [0.2, 0.25) is 0 Å². The lowest BCUT2D eigenvalue weighted by molar-refractivity contribution is -0.136. The van der Waals surface area contributed by atoms with E-state index in [0.717, 1.165) is 11.3 Å². The van der Waals surface area contributed by atoms with E-state index in [9.17, 15) is 9.59 Å². The molecule has 5 nitrogen and oxygen atoms in total. The lowest BCUT2D eigenvalue weighted by atomic mass is 10.2. The molecular weight excluding hydrogens is 280 g/mol. The van der Waals surface area contributed by atoms with Gasteiger partial charge in [-0.1, -0.05) is 18.2 Å². The Bertz CT molecular complexity index is 489. The van der Waals surface area contributed by atoms with Gasteiger partial charge in [-0.15, -0.1) is 0 Å². The van der Waals surface area contributed by atoms with Crippen molar-refractivity contribution in [1.82, 2.24) is 10.2 Å². The largest absolute Gasteiger partial charge is 0.493 e. The van der Waals surface area contributed by atoms with Crippen molar-refractivity contribution in [1.29, 1.82) is 0 Å². The Kier molecular flexibility index (Phi) is 8.04. The van der Waals surface area contributed by atoms with Gasteiger partial charge in [-0.3, -0.25) is 9.59 Å². The third-order valence-corrected chi connectivity index (χ3v) is 3.33. The molecule has 22 heavy (non-hydrogen) atoms. The summed E-state index contributed by atoms with van der Waals surface area (Å²) < 4.78 is 5.67. The van der Waals surface area contributed by atoms with E-state index < -0.39 is 0 Å². The second kappa shape index (κ2) is 9.82. The molecule has 0 radical (unpaired) electrons. The number of hydrogen-bond donors (Lipinski definition) is 1. The molecule has 1 rings (SSSR count). The minimum atomic E-state index is -0.117. The van der Waals surface area contributed by atoms with Gasteiger partial charge >= 0.3 is 0 Å². The number of ether oxygens (including phenoxy) is 1. The standard InChI is InChI=1S/C17H26N2O3/c1-4-18-16(20)13-19(5-2)17(21)11-8-12-22-15-10-7-6-9-14(15)3/h6-7,9-10H,4-5,8,11-13H2,1-3H3,(H,18,20). The van der Waals surface area contributed by atoms with Crippen LogP contribution in [0, 0.1) is 6.92 Å². The fourth-order valence-electron chi connectivity index (χ4n) is 2.08. The summed E-state index contributed by atoms with van der Waals surface area (Å²) >= 11 is 0. The van der Waals surface area contributed by atoms with Gasteiger partial charge in [-0.05, 0) is 38.8 Å². The quantitative estimate of drug-likeness (QED) is 0.711. The molecule has 1 aromatic carbocycles. The first kappa shape index (κ1) is 18.0. The lowest BCUT2D eigenvalue weighted by Gasteiger charge is -2.20. The van der Waals surface area contributed by atoms with Gasteiger partial charge in [0.25, 0.3) is 0 Å². The van der Waals surface area contributed by atoms with Crippen molar-refractivity contribution in [3.05, 3.63) is 29.8 Å². The van der Waals surface area contributed by atoms with Gasteiger partial charge in [0.15, 0.2) is 0 Å². The number of amides is 2. The average Bonchev–Trinajstić information content (AvgIpc) is 2.50. The SMILES string of the molecule is CCNC(=O)CN(CC)C(=O)CCCOc1ccccc1C. The number of likely N-dealkylation sites (N-methyl/N-ethyl adjacent to an activating group) is 2. The molecule has 1 N–H and O–H groups in total. The topological polar surface area (TPSA) is 58.6 Å². The highest BCUT2D eigenvalue weighted by molar-refractivity contribution is 5.84. The molecule has 0 unspecified atom stereocenters. The predicted molar refractivity (Wildman–Crippen MR) is 86.8 cm³/mol. The van der Waals surface area contributed by atoms with Crippen molar-refractivity contribution in [3.8, 4) is 5.75 Å². The Labute approximate surface area is 132 Å².